The molecule has 24 heavy (non-hydrogen) atoms. The van der Waals surface area contributed by atoms with E-state index in [0.717, 1.165) is 0 Å². The van der Waals surface area contributed by atoms with Crippen LogP contribution < -0.4 is 24.3 Å². The third-order valence-corrected chi connectivity index (χ3v) is 3.39. The average molecular weight is 331 g/mol. The molecule has 0 aliphatic rings. The molecule has 0 heterocycles. The van der Waals surface area contributed by atoms with Crippen molar-refractivity contribution in [2.24, 2.45) is 0 Å². The number of carbonyl (C=O) groups is 1. The Balaban J connectivity index is 2.08. The van der Waals surface area contributed by atoms with Gasteiger partial charge in [0.2, 0.25) is 0 Å². The highest BCUT2D eigenvalue weighted by atomic mass is 16.5. The topological polar surface area (TPSA) is 66.0 Å². The fourth-order valence-corrected chi connectivity index (χ4v) is 2.08. The largest absolute Gasteiger partial charge is 0.497 e. The molecule has 1 amide bonds. The van der Waals surface area contributed by atoms with Crippen LogP contribution in [0.3, 0.4) is 0 Å². The molecule has 0 spiro atoms. The summed E-state index contributed by atoms with van der Waals surface area (Å²) in [7, 11) is 4.67. The quantitative estimate of drug-likeness (QED) is 0.844. The minimum atomic E-state index is -0.701. The molecule has 0 unspecified atom stereocenters. The van der Waals surface area contributed by atoms with Crippen LogP contribution in [0.25, 0.3) is 0 Å². The number of anilines is 1. The first kappa shape index (κ1) is 17.5. The van der Waals surface area contributed by atoms with Gasteiger partial charge in [-0.25, -0.2) is 0 Å². The zero-order valence-corrected chi connectivity index (χ0v) is 14.2. The Bertz CT molecular complexity index is 702. The van der Waals surface area contributed by atoms with E-state index in [1.165, 1.54) is 7.11 Å². The molecule has 128 valence electrons. The number of amides is 1. The highest BCUT2D eigenvalue weighted by Crippen LogP contribution is 2.29. The number of hydrogen-bond donors (Lipinski definition) is 1. The molecule has 0 bridgehead atoms. The van der Waals surface area contributed by atoms with Crippen LogP contribution in [0.1, 0.15) is 6.92 Å². The summed E-state index contributed by atoms with van der Waals surface area (Å²) in [5.74, 6) is 2.07. The zero-order chi connectivity index (χ0) is 17.5. The lowest BCUT2D eigenvalue weighted by molar-refractivity contribution is -0.122. The van der Waals surface area contributed by atoms with Crippen LogP contribution in [0.5, 0.6) is 23.0 Å². The van der Waals surface area contributed by atoms with E-state index in [0.29, 0.717) is 28.7 Å². The molecular formula is C18H21NO5. The average Bonchev–Trinajstić information content (AvgIpc) is 2.61. The number of rotatable bonds is 7. The molecule has 0 aliphatic carbocycles. The second-order valence-corrected chi connectivity index (χ2v) is 4.99. The minimum absolute atomic E-state index is 0.302. The molecule has 0 aromatic heterocycles. The van der Waals surface area contributed by atoms with Gasteiger partial charge < -0.3 is 24.3 Å². The van der Waals surface area contributed by atoms with Crippen LogP contribution in [0, 0.1) is 0 Å². The number of nitrogens with one attached hydrogen (secondary N) is 1. The normalized spacial score (nSPS) is 11.3. The van der Waals surface area contributed by atoms with E-state index >= 15 is 0 Å². The first-order valence-corrected chi connectivity index (χ1v) is 7.41. The van der Waals surface area contributed by atoms with Crippen molar-refractivity contribution < 1.29 is 23.7 Å². The van der Waals surface area contributed by atoms with Crippen molar-refractivity contribution in [1.29, 1.82) is 0 Å². The fourth-order valence-electron chi connectivity index (χ4n) is 2.08. The van der Waals surface area contributed by atoms with Crippen LogP contribution in [0.15, 0.2) is 42.5 Å². The summed E-state index contributed by atoms with van der Waals surface area (Å²) < 4.78 is 21.2. The predicted molar refractivity (Wildman–Crippen MR) is 91.3 cm³/mol. The van der Waals surface area contributed by atoms with E-state index in [1.807, 2.05) is 0 Å². The molecule has 0 saturated carbocycles. The Labute approximate surface area is 141 Å². The summed E-state index contributed by atoms with van der Waals surface area (Å²) in [6, 6.07) is 12.2. The lowest BCUT2D eigenvalue weighted by Crippen LogP contribution is -2.30. The molecule has 1 atom stereocenters. The van der Waals surface area contributed by atoms with Crippen molar-refractivity contribution in [2.45, 2.75) is 13.0 Å². The third kappa shape index (κ3) is 4.32. The lowest BCUT2D eigenvalue weighted by Gasteiger charge is -2.17. The second-order valence-electron chi connectivity index (χ2n) is 4.99. The molecule has 2 aromatic carbocycles. The minimum Gasteiger partial charge on any atom is -0.497 e. The summed E-state index contributed by atoms with van der Waals surface area (Å²) >= 11 is 0. The van der Waals surface area contributed by atoms with Gasteiger partial charge in [-0.3, -0.25) is 4.79 Å². The SMILES string of the molecule is COc1cccc(O[C@@H](C)C(=O)Nc2cc(OC)ccc2OC)c1. The Morgan fingerprint density at radius 1 is 0.917 bits per heavy atom. The van der Waals surface area contributed by atoms with Crippen molar-refractivity contribution in [3.05, 3.63) is 42.5 Å². The highest BCUT2D eigenvalue weighted by Gasteiger charge is 2.17. The first-order chi connectivity index (χ1) is 11.6. The number of carbonyl (C=O) groups excluding carboxylic acids is 1. The molecule has 6 nitrogen and oxygen atoms in total. The van der Waals surface area contributed by atoms with E-state index in [9.17, 15) is 4.79 Å². The van der Waals surface area contributed by atoms with Crippen LogP contribution >= 0.6 is 0 Å². The van der Waals surface area contributed by atoms with Gasteiger partial charge >= 0.3 is 0 Å². The van der Waals surface area contributed by atoms with Crippen LogP contribution in [-0.4, -0.2) is 33.3 Å². The summed E-state index contributed by atoms with van der Waals surface area (Å²) in [5.41, 5.74) is 0.517. The summed E-state index contributed by atoms with van der Waals surface area (Å²) in [6.07, 6.45) is -0.701. The van der Waals surface area contributed by atoms with Gasteiger partial charge in [0.15, 0.2) is 6.10 Å². The molecule has 2 rings (SSSR count). The number of benzene rings is 2. The van der Waals surface area contributed by atoms with Gasteiger partial charge in [-0.15, -0.1) is 0 Å². The van der Waals surface area contributed by atoms with E-state index in [2.05, 4.69) is 5.32 Å². The monoisotopic (exact) mass is 331 g/mol. The van der Waals surface area contributed by atoms with Crippen LogP contribution in [0.2, 0.25) is 0 Å². The third-order valence-electron chi connectivity index (χ3n) is 3.39. The van der Waals surface area contributed by atoms with Crippen molar-refractivity contribution in [2.75, 3.05) is 26.6 Å². The summed E-state index contributed by atoms with van der Waals surface area (Å²) in [4.78, 5) is 12.4. The second kappa shape index (κ2) is 8.10. The number of hydrogen-bond acceptors (Lipinski definition) is 5. The van der Waals surface area contributed by atoms with Crippen molar-refractivity contribution in [1.82, 2.24) is 0 Å². The number of ether oxygens (including phenoxy) is 4. The molecule has 0 aliphatic heterocycles. The number of methoxy groups -OCH3 is 3. The molecule has 6 heteroatoms. The Morgan fingerprint density at radius 3 is 2.25 bits per heavy atom. The standard InChI is InChI=1S/C18H21NO5/c1-12(24-15-7-5-6-13(10-15)21-2)18(20)19-16-11-14(22-3)8-9-17(16)23-4/h5-12H,1-4H3,(H,19,20)/t12-/m0/s1. The van der Waals surface area contributed by atoms with Gasteiger partial charge in [0, 0.05) is 12.1 Å². The van der Waals surface area contributed by atoms with E-state index < -0.39 is 6.10 Å². The maximum atomic E-state index is 12.4. The zero-order valence-electron chi connectivity index (χ0n) is 14.2. The van der Waals surface area contributed by atoms with Gasteiger partial charge in [-0.05, 0) is 31.2 Å². The van der Waals surface area contributed by atoms with Gasteiger partial charge in [0.05, 0.1) is 27.0 Å². The highest BCUT2D eigenvalue weighted by molar-refractivity contribution is 5.95. The fraction of sp³-hybridized carbons (Fsp3) is 0.278. The van der Waals surface area contributed by atoms with Crippen molar-refractivity contribution in [3.8, 4) is 23.0 Å². The Hall–Kier alpha value is -2.89. The van der Waals surface area contributed by atoms with E-state index in [-0.39, 0.29) is 5.91 Å². The van der Waals surface area contributed by atoms with Gasteiger partial charge in [0.1, 0.15) is 23.0 Å². The Kier molecular flexibility index (Phi) is 5.89. The molecule has 2 aromatic rings. The van der Waals surface area contributed by atoms with Gasteiger partial charge in [0.25, 0.3) is 5.91 Å². The van der Waals surface area contributed by atoms with E-state index in [4.69, 9.17) is 18.9 Å². The lowest BCUT2D eigenvalue weighted by atomic mass is 10.2. The van der Waals surface area contributed by atoms with Crippen molar-refractivity contribution in [3.63, 3.8) is 0 Å². The maximum absolute atomic E-state index is 12.4. The maximum Gasteiger partial charge on any atom is 0.265 e. The smallest absolute Gasteiger partial charge is 0.265 e. The van der Waals surface area contributed by atoms with Crippen LogP contribution in [0.4, 0.5) is 5.69 Å². The molecule has 0 radical (unpaired) electrons. The van der Waals surface area contributed by atoms with Crippen LogP contribution in [-0.2, 0) is 4.79 Å². The first-order valence-electron chi connectivity index (χ1n) is 7.41. The summed E-state index contributed by atoms with van der Waals surface area (Å²) in [5, 5.41) is 2.78. The van der Waals surface area contributed by atoms with Crippen molar-refractivity contribution >= 4 is 11.6 Å². The summed E-state index contributed by atoms with van der Waals surface area (Å²) in [6.45, 7) is 1.67. The van der Waals surface area contributed by atoms with Gasteiger partial charge in [-0.2, -0.15) is 0 Å². The molecule has 0 saturated heterocycles. The molecular weight excluding hydrogens is 310 g/mol. The van der Waals surface area contributed by atoms with E-state index in [1.54, 1.807) is 63.6 Å². The molecule has 0 fully saturated rings. The van der Waals surface area contributed by atoms with Gasteiger partial charge in [-0.1, -0.05) is 6.07 Å². The Morgan fingerprint density at radius 2 is 1.58 bits per heavy atom. The molecule has 1 N–H and O–H groups in total. The predicted octanol–water partition coefficient (Wildman–Crippen LogP) is 3.12.